The highest BCUT2D eigenvalue weighted by atomic mass is 13.7. The predicted molar refractivity (Wildman–Crippen MR) is 590 cm³/mol. The second-order valence-corrected chi connectivity index (χ2v) is 14.8. The van der Waals surface area contributed by atoms with Crippen LogP contribution in [-0.2, 0) is 0 Å². The van der Waals surface area contributed by atoms with Crippen LogP contribution in [0.3, 0.4) is 0 Å². The fraction of sp³-hybridized carbons (Fsp3) is 1.00. The third kappa shape index (κ3) is 22100. The molecule has 0 atom stereocenters. The van der Waals surface area contributed by atoms with Gasteiger partial charge in [-0.05, 0) is 0 Å². The quantitative estimate of drug-likeness (QED) is 0.238. The molecule has 0 bridgehead atoms. The molecular weight excluding hydrogens is 1260 g/mol. The molecule has 0 rings (SSSR count). The Kier molecular flexibility index (Phi) is 6310. The van der Waals surface area contributed by atoms with Crippen molar-refractivity contribution in [1.82, 2.24) is 0 Å². The standard InChI is InChI=1S/7C4H10.11C3H8.12C2H6.20CH4/c7*1-3-4-2;11*1-3-2;12*1-2;;;;;;;;;;;;;;;;;;;;/h7*3-4H2,1-2H3;11*3H2,1-2H3;12*1-2H3;20*1H4. The van der Waals surface area contributed by atoms with Crippen molar-refractivity contribution in [2.75, 3.05) is 0 Å². The molecule has 0 nitrogen and oxygen atoms in total. The molecule has 0 aliphatic heterocycles. The number of unbranched alkanes of at least 4 members (excludes halogenated alkanes) is 7. The fourth-order valence-electron chi connectivity index (χ4n) is 0. The Labute approximate surface area is 720 Å². The molecule has 0 amide bonds. The van der Waals surface area contributed by atoms with Gasteiger partial charge in [-0.25, -0.2) is 0 Å². The molecule has 0 fully saturated rings. The lowest BCUT2D eigenvalue weighted by Gasteiger charge is -1.68. The molecular formula is C105H310. The Hall–Kier alpha value is 0. The minimum Gasteiger partial charge on any atom is -0.0776 e. The van der Waals surface area contributed by atoms with Gasteiger partial charge in [-0.3, -0.25) is 0 Å². The van der Waals surface area contributed by atoms with Gasteiger partial charge in [-0.1, -0.05) is 724 Å². The van der Waals surface area contributed by atoms with Crippen molar-refractivity contribution in [1.29, 1.82) is 0 Å². The summed E-state index contributed by atoms with van der Waals surface area (Å²) in [6, 6.07) is 0. The van der Waals surface area contributed by atoms with E-state index in [9.17, 15) is 0 Å². The molecule has 0 saturated carbocycles. The summed E-state index contributed by atoms with van der Waals surface area (Å²) >= 11 is 0. The van der Waals surface area contributed by atoms with E-state index in [1.54, 1.807) is 0 Å². The number of hydrogen-bond donors (Lipinski definition) is 0. The maximum Gasteiger partial charge on any atom is -0.0564 e. The van der Waals surface area contributed by atoms with E-state index in [0.717, 1.165) is 0 Å². The van der Waals surface area contributed by atoms with E-state index in [1.165, 1.54) is 161 Å². The minimum atomic E-state index is 0. The van der Waals surface area contributed by atoms with E-state index in [2.05, 4.69) is 249 Å². The van der Waals surface area contributed by atoms with Gasteiger partial charge in [-0.15, -0.1) is 0 Å². The molecule has 730 valence electrons. The largest absolute Gasteiger partial charge is 0.0776 e. The highest BCUT2D eigenvalue weighted by Crippen LogP contribution is 1.79. The van der Waals surface area contributed by atoms with Crippen LogP contribution in [0.2, 0.25) is 0 Å². The first-order valence-corrected chi connectivity index (χ1v) is 41.0. The van der Waals surface area contributed by atoms with E-state index in [1.807, 2.05) is 166 Å². The Bertz CT molecular complexity index is 141. The molecule has 0 aliphatic carbocycles. The van der Waals surface area contributed by atoms with Crippen LogP contribution in [0.25, 0.3) is 0 Å². The average Bonchev–Trinajstić information content (AvgIpc) is 3.57. The van der Waals surface area contributed by atoms with Crippen molar-refractivity contribution >= 4 is 0 Å². The van der Waals surface area contributed by atoms with Crippen molar-refractivity contribution < 1.29 is 0 Å². The molecule has 0 N–H and O–H groups in total. The second kappa shape index (κ2) is 1770. The van der Waals surface area contributed by atoms with Gasteiger partial charge in [0.1, 0.15) is 0 Å². The van der Waals surface area contributed by atoms with Crippen molar-refractivity contribution in [2.24, 2.45) is 0 Å². The molecule has 0 aliphatic rings. The summed E-state index contributed by atoms with van der Waals surface area (Å²) in [6.07, 6.45) is 32.2. The van der Waals surface area contributed by atoms with Crippen molar-refractivity contribution in [3.05, 3.63) is 0 Å². The summed E-state index contributed by atoms with van der Waals surface area (Å²) in [5.41, 5.74) is 0. The first kappa shape index (κ1) is 375. The molecule has 0 spiro atoms. The zero-order chi connectivity index (χ0) is 77.7. The predicted octanol–water partition coefficient (Wildman–Crippen LogP) is 53.3. The first-order chi connectivity index (χ1) is 41.0. The van der Waals surface area contributed by atoms with E-state index < -0.39 is 0 Å². The van der Waals surface area contributed by atoms with Gasteiger partial charge in [-0.2, -0.15) is 0 Å². The van der Waals surface area contributed by atoms with Gasteiger partial charge < -0.3 is 0 Å². The molecule has 105 heavy (non-hydrogen) atoms. The smallest absolute Gasteiger partial charge is 0.0564 e. The van der Waals surface area contributed by atoms with Gasteiger partial charge in [0.15, 0.2) is 0 Å². The Morgan fingerprint density at radius 1 is 0.0667 bits per heavy atom. The van der Waals surface area contributed by atoms with Crippen LogP contribution < -0.4 is 0 Å². The molecule has 0 unspecified atom stereocenters. The number of hydrogen-bond acceptors (Lipinski definition) is 0. The highest BCUT2D eigenvalue weighted by molar-refractivity contribution is 4.15. The van der Waals surface area contributed by atoms with Crippen LogP contribution in [0.15, 0.2) is 0 Å². The van der Waals surface area contributed by atoms with E-state index >= 15 is 0 Å². The maximum atomic E-state index is 2.18. The lowest BCUT2D eigenvalue weighted by molar-refractivity contribution is 0.886. The Balaban J connectivity index is -0.00000000619. The van der Waals surface area contributed by atoms with Crippen LogP contribution in [0.5, 0.6) is 0 Å². The second-order valence-electron chi connectivity index (χ2n) is 14.8. The third-order valence-electron chi connectivity index (χ3n) is 3.50. The zero-order valence-electron chi connectivity index (χ0n) is 77.7. The third-order valence-corrected chi connectivity index (χ3v) is 3.50. The molecule has 0 aromatic carbocycles. The molecule has 0 heterocycles. The van der Waals surface area contributed by atoms with Gasteiger partial charge >= 0.3 is 0 Å². The SMILES string of the molecule is C.C.C.C.C.C.C.C.C.C.C.C.C.C.C.C.C.C.C.C.CC.CC.CC.CC.CC.CC.CC.CC.CC.CC.CC.CC.CCC.CCC.CCC.CCC.CCC.CCC.CCC.CCC.CCC.CCC.CCC.CCCC.CCCC.CCCC.CCCC.CCCC.CCCC.CCCC. The Morgan fingerprint density at radius 3 is 0.0762 bits per heavy atom. The number of rotatable bonds is 7. The van der Waals surface area contributed by atoms with Crippen molar-refractivity contribution in [3.63, 3.8) is 0 Å². The molecule has 0 radical (unpaired) electrons. The fourth-order valence-corrected chi connectivity index (χ4v) is 0. The topological polar surface area (TPSA) is 0 Å². The summed E-state index contributed by atoms with van der Waals surface area (Å²) in [5.74, 6) is 0. The first-order valence-electron chi connectivity index (χ1n) is 41.0. The summed E-state index contributed by atoms with van der Waals surface area (Å²) < 4.78 is 0. The minimum absolute atomic E-state index is 0. The molecule has 0 saturated heterocycles. The van der Waals surface area contributed by atoms with Crippen LogP contribution in [-0.4, -0.2) is 0 Å². The zero-order valence-corrected chi connectivity index (χ0v) is 77.7. The monoisotopic (exact) mass is 1570 g/mol. The lowest BCUT2D eigenvalue weighted by atomic mass is 10.4. The van der Waals surface area contributed by atoms with Gasteiger partial charge in [0.2, 0.25) is 0 Å². The van der Waals surface area contributed by atoms with E-state index in [-0.39, 0.29) is 149 Å². The molecule has 0 aromatic rings. The maximum absolute atomic E-state index is 2.18. The summed E-state index contributed by atoms with van der Waals surface area (Å²) in [4.78, 5) is 0. The van der Waals surface area contributed by atoms with Crippen LogP contribution in [0, 0.1) is 0 Å². The normalized spacial score (nSPS) is 4.57. The van der Waals surface area contributed by atoms with Crippen molar-refractivity contribution in [2.45, 2.75) is 724 Å². The summed E-state index contributed by atoms with van der Waals surface area (Å²) in [5, 5.41) is 0. The van der Waals surface area contributed by atoms with Gasteiger partial charge in [0.25, 0.3) is 0 Å². The van der Waals surface area contributed by atoms with Crippen LogP contribution in [0.1, 0.15) is 724 Å². The highest BCUT2D eigenvalue weighted by Gasteiger charge is 1.59. The summed E-state index contributed by atoms with van der Waals surface area (Å²) in [6.45, 7) is 125. The van der Waals surface area contributed by atoms with Crippen molar-refractivity contribution in [3.8, 4) is 0 Å². The lowest BCUT2D eigenvalue weighted by Crippen LogP contribution is -1.47. The average molecular weight is 1570 g/mol. The van der Waals surface area contributed by atoms with E-state index in [4.69, 9.17) is 0 Å². The van der Waals surface area contributed by atoms with E-state index in [0.29, 0.717) is 0 Å². The van der Waals surface area contributed by atoms with Gasteiger partial charge in [0, 0.05) is 0 Å². The molecule has 0 aromatic heterocycles. The van der Waals surface area contributed by atoms with Gasteiger partial charge in [0.05, 0.1) is 0 Å². The summed E-state index contributed by atoms with van der Waals surface area (Å²) in [7, 11) is 0. The molecule has 0 heteroatoms. The van der Waals surface area contributed by atoms with Crippen LogP contribution >= 0.6 is 0 Å². The van der Waals surface area contributed by atoms with Crippen LogP contribution in [0.4, 0.5) is 0 Å². The Morgan fingerprint density at radius 2 is 0.0762 bits per heavy atom.